The molecule has 0 atom stereocenters. The molecule has 0 aromatic rings. The Balaban J connectivity index is 4.24. The first-order valence-corrected chi connectivity index (χ1v) is 4.97. The van der Waals surface area contributed by atoms with Crippen LogP contribution in [0, 0.1) is 0 Å². The van der Waals surface area contributed by atoms with Gasteiger partial charge in [0, 0.05) is 18.2 Å². The minimum Gasteiger partial charge on any atom is -0.337 e. The Morgan fingerprint density at radius 2 is 2.00 bits per heavy atom. The molecule has 0 saturated carbocycles. The first kappa shape index (κ1) is 12.2. The highest BCUT2D eigenvalue weighted by atomic mass is 16.2. The van der Waals surface area contributed by atoms with E-state index in [2.05, 4.69) is 13.5 Å². The normalized spacial score (nSPS) is 10.2. The molecule has 0 aliphatic rings. The fourth-order valence-corrected chi connectivity index (χ4v) is 1.17. The molecule has 76 valence electrons. The monoisotopic (exact) mass is 183 g/mol. The molecule has 0 saturated heterocycles. The van der Waals surface area contributed by atoms with E-state index in [0.29, 0.717) is 5.57 Å². The third kappa shape index (κ3) is 4.11. The van der Waals surface area contributed by atoms with Gasteiger partial charge in [0.25, 0.3) is 0 Å². The standard InChI is InChI=1S/C11H21NO/c1-6-7-8-12(10(4)5)11(13)9(2)3/h10H,2,6-8H2,1,3-5H3. The number of unbranched alkanes of at least 4 members (excludes halogenated alkanes) is 1. The number of nitrogens with zero attached hydrogens (tertiary/aromatic N) is 1. The van der Waals surface area contributed by atoms with Crippen LogP contribution in [0.5, 0.6) is 0 Å². The van der Waals surface area contributed by atoms with E-state index in [-0.39, 0.29) is 11.9 Å². The van der Waals surface area contributed by atoms with Gasteiger partial charge in [0.2, 0.25) is 5.91 Å². The molecular weight excluding hydrogens is 162 g/mol. The number of carbonyl (C=O) groups excluding carboxylic acids is 1. The van der Waals surface area contributed by atoms with Crippen LogP contribution in [0.2, 0.25) is 0 Å². The maximum atomic E-state index is 11.6. The van der Waals surface area contributed by atoms with Crippen molar-refractivity contribution in [1.82, 2.24) is 4.90 Å². The molecule has 0 aliphatic heterocycles. The zero-order chi connectivity index (χ0) is 10.4. The lowest BCUT2D eigenvalue weighted by Gasteiger charge is -2.26. The highest BCUT2D eigenvalue weighted by molar-refractivity contribution is 5.92. The maximum absolute atomic E-state index is 11.6. The second kappa shape index (κ2) is 5.79. The number of carbonyl (C=O) groups is 1. The molecule has 0 aromatic carbocycles. The average molecular weight is 183 g/mol. The van der Waals surface area contributed by atoms with Crippen LogP contribution < -0.4 is 0 Å². The minimum atomic E-state index is 0.0865. The molecule has 0 spiro atoms. The van der Waals surface area contributed by atoms with Crippen molar-refractivity contribution in [2.24, 2.45) is 0 Å². The number of amides is 1. The number of hydrogen-bond donors (Lipinski definition) is 0. The summed E-state index contributed by atoms with van der Waals surface area (Å²) in [7, 11) is 0. The zero-order valence-corrected chi connectivity index (χ0v) is 9.26. The zero-order valence-electron chi connectivity index (χ0n) is 9.26. The van der Waals surface area contributed by atoms with Crippen molar-refractivity contribution in [1.29, 1.82) is 0 Å². The Kier molecular flexibility index (Phi) is 5.44. The van der Waals surface area contributed by atoms with E-state index in [1.165, 1.54) is 0 Å². The van der Waals surface area contributed by atoms with E-state index in [0.717, 1.165) is 19.4 Å². The Morgan fingerprint density at radius 1 is 1.46 bits per heavy atom. The third-order valence-electron chi connectivity index (χ3n) is 2.00. The molecule has 1 amide bonds. The molecular formula is C11H21NO. The topological polar surface area (TPSA) is 20.3 Å². The largest absolute Gasteiger partial charge is 0.337 e. The van der Waals surface area contributed by atoms with Crippen molar-refractivity contribution in [3.8, 4) is 0 Å². The smallest absolute Gasteiger partial charge is 0.249 e. The van der Waals surface area contributed by atoms with Crippen molar-refractivity contribution >= 4 is 5.91 Å². The highest BCUT2D eigenvalue weighted by Gasteiger charge is 2.15. The Labute approximate surface area is 81.6 Å². The summed E-state index contributed by atoms with van der Waals surface area (Å²) in [5.74, 6) is 0.0865. The van der Waals surface area contributed by atoms with E-state index >= 15 is 0 Å². The van der Waals surface area contributed by atoms with E-state index in [1.807, 2.05) is 18.7 Å². The molecule has 0 N–H and O–H groups in total. The molecule has 0 aliphatic carbocycles. The molecule has 0 rings (SSSR count). The van der Waals surface area contributed by atoms with E-state index in [1.54, 1.807) is 6.92 Å². The fourth-order valence-electron chi connectivity index (χ4n) is 1.17. The summed E-state index contributed by atoms with van der Waals surface area (Å²) in [5, 5.41) is 0. The predicted octanol–water partition coefficient (Wildman–Crippen LogP) is 2.60. The Morgan fingerprint density at radius 3 is 2.31 bits per heavy atom. The van der Waals surface area contributed by atoms with Gasteiger partial charge in [-0.25, -0.2) is 0 Å². The van der Waals surface area contributed by atoms with Crippen molar-refractivity contribution in [2.45, 2.75) is 46.6 Å². The van der Waals surface area contributed by atoms with Crippen molar-refractivity contribution < 1.29 is 4.79 Å². The Hall–Kier alpha value is -0.790. The van der Waals surface area contributed by atoms with Gasteiger partial charge in [-0.15, -0.1) is 0 Å². The summed E-state index contributed by atoms with van der Waals surface area (Å²) in [4.78, 5) is 13.5. The number of rotatable bonds is 5. The first-order valence-electron chi connectivity index (χ1n) is 4.97. The average Bonchev–Trinajstić information content (AvgIpc) is 2.04. The molecule has 0 aromatic heterocycles. The summed E-state index contributed by atoms with van der Waals surface area (Å²) < 4.78 is 0. The van der Waals surface area contributed by atoms with Crippen LogP contribution in [0.25, 0.3) is 0 Å². The van der Waals surface area contributed by atoms with Crippen molar-refractivity contribution in [3.05, 3.63) is 12.2 Å². The van der Waals surface area contributed by atoms with Crippen LogP contribution in [0.1, 0.15) is 40.5 Å². The molecule has 2 heteroatoms. The minimum absolute atomic E-state index is 0.0865. The summed E-state index contributed by atoms with van der Waals surface area (Å²) in [6.45, 7) is 12.5. The fraction of sp³-hybridized carbons (Fsp3) is 0.727. The molecule has 13 heavy (non-hydrogen) atoms. The second-order valence-corrected chi connectivity index (χ2v) is 3.73. The molecule has 0 radical (unpaired) electrons. The quantitative estimate of drug-likeness (QED) is 0.600. The molecule has 0 fully saturated rings. The van der Waals surface area contributed by atoms with Gasteiger partial charge in [-0.2, -0.15) is 0 Å². The first-order chi connectivity index (χ1) is 6.00. The van der Waals surface area contributed by atoms with Crippen LogP contribution in [0.4, 0.5) is 0 Å². The van der Waals surface area contributed by atoms with Gasteiger partial charge in [-0.05, 0) is 27.2 Å². The van der Waals surface area contributed by atoms with Crippen molar-refractivity contribution in [2.75, 3.05) is 6.54 Å². The molecule has 2 nitrogen and oxygen atoms in total. The van der Waals surface area contributed by atoms with Crippen LogP contribution in [0.3, 0.4) is 0 Å². The third-order valence-corrected chi connectivity index (χ3v) is 2.00. The van der Waals surface area contributed by atoms with Crippen LogP contribution in [0.15, 0.2) is 12.2 Å². The molecule has 0 heterocycles. The van der Waals surface area contributed by atoms with Gasteiger partial charge in [0.15, 0.2) is 0 Å². The molecule has 0 bridgehead atoms. The van der Waals surface area contributed by atoms with Crippen molar-refractivity contribution in [3.63, 3.8) is 0 Å². The van der Waals surface area contributed by atoms with Gasteiger partial charge in [0.1, 0.15) is 0 Å². The maximum Gasteiger partial charge on any atom is 0.249 e. The predicted molar refractivity (Wildman–Crippen MR) is 56.6 cm³/mol. The van der Waals surface area contributed by atoms with Gasteiger partial charge < -0.3 is 4.90 Å². The van der Waals surface area contributed by atoms with Crippen LogP contribution in [-0.4, -0.2) is 23.4 Å². The lowest BCUT2D eigenvalue weighted by molar-refractivity contribution is -0.128. The Bertz CT molecular complexity index is 185. The van der Waals surface area contributed by atoms with Gasteiger partial charge in [-0.3, -0.25) is 4.79 Å². The summed E-state index contributed by atoms with van der Waals surface area (Å²) in [5.41, 5.74) is 0.629. The lowest BCUT2D eigenvalue weighted by atomic mass is 10.2. The molecule has 0 unspecified atom stereocenters. The van der Waals surface area contributed by atoms with Crippen LogP contribution >= 0.6 is 0 Å². The van der Waals surface area contributed by atoms with Gasteiger partial charge in [-0.1, -0.05) is 19.9 Å². The van der Waals surface area contributed by atoms with Gasteiger partial charge >= 0.3 is 0 Å². The summed E-state index contributed by atoms with van der Waals surface area (Å²) in [6, 6.07) is 0.274. The summed E-state index contributed by atoms with van der Waals surface area (Å²) in [6.07, 6.45) is 2.18. The number of hydrogen-bond acceptors (Lipinski definition) is 1. The second-order valence-electron chi connectivity index (χ2n) is 3.73. The summed E-state index contributed by atoms with van der Waals surface area (Å²) >= 11 is 0. The van der Waals surface area contributed by atoms with E-state index in [9.17, 15) is 4.79 Å². The lowest BCUT2D eigenvalue weighted by Crippen LogP contribution is -2.37. The van der Waals surface area contributed by atoms with E-state index in [4.69, 9.17) is 0 Å². The van der Waals surface area contributed by atoms with E-state index < -0.39 is 0 Å². The highest BCUT2D eigenvalue weighted by Crippen LogP contribution is 2.06. The van der Waals surface area contributed by atoms with Crippen LogP contribution in [-0.2, 0) is 4.79 Å². The van der Waals surface area contributed by atoms with Gasteiger partial charge in [0.05, 0.1) is 0 Å². The SMILES string of the molecule is C=C(C)C(=O)N(CCCC)C(C)C.